The summed E-state index contributed by atoms with van der Waals surface area (Å²) < 4.78 is 2.33. The molecule has 4 heteroatoms. The molecule has 0 amide bonds. The lowest BCUT2D eigenvalue weighted by Crippen LogP contribution is -2.44. The first-order valence-corrected chi connectivity index (χ1v) is 11.2. The van der Waals surface area contributed by atoms with Crippen molar-refractivity contribution in [2.75, 3.05) is 13.1 Å². The third kappa shape index (κ3) is 3.62. The largest absolute Gasteiger partial charge is 0.392 e. The van der Waals surface area contributed by atoms with Gasteiger partial charge >= 0.3 is 0 Å². The Balaban J connectivity index is 1.47. The lowest BCUT2D eigenvalue weighted by Gasteiger charge is -2.42. The molecule has 1 aromatic carbocycles. The number of fused-ring (bicyclic) bond motifs is 1. The van der Waals surface area contributed by atoms with Crippen molar-refractivity contribution in [1.29, 1.82) is 0 Å². The van der Waals surface area contributed by atoms with Crippen LogP contribution in [0.3, 0.4) is 0 Å². The van der Waals surface area contributed by atoms with Gasteiger partial charge in [-0.15, -0.1) is 0 Å². The minimum Gasteiger partial charge on any atom is -0.392 e. The number of aliphatic hydroxyl groups excluding tert-OH is 2. The van der Waals surface area contributed by atoms with Gasteiger partial charge in [0, 0.05) is 41.6 Å². The van der Waals surface area contributed by atoms with Crippen LogP contribution in [0.1, 0.15) is 69.7 Å². The highest BCUT2D eigenvalue weighted by Gasteiger charge is 2.31. The molecule has 1 saturated heterocycles. The highest BCUT2D eigenvalue weighted by atomic mass is 16.3. The van der Waals surface area contributed by atoms with Crippen LogP contribution >= 0.6 is 0 Å². The van der Waals surface area contributed by atoms with E-state index in [1.54, 1.807) is 0 Å². The van der Waals surface area contributed by atoms with Crippen LogP contribution in [0.25, 0.3) is 10.9 Å². The number of hydrogen-bond donors (Lipinski definition) is 2. The van der Waals surface area contributed by atoms with Crippen molar-refractivity contribution in [3.63, 3.8) is 0 Å². The highest BCUT2D eigenvalue weighted by molar-refractivity contribution is 5.85. The lowest BCUT2D eigenvalue weighted by molar-refractivity contribution is 0.0880. The van der Waals surface area contributed by atoms with Gasteiger partial charge in [0.15, 0.2) is 0 Å². The summed E-state index contributed by atoms with van der Waals surface area (Å²) in [5.41, 5.74) is 2.96. The van der Waals surface area contributed by atoms with Crippen molar-refractivity contribution in [3.8, 4) is 0 Å². The molecule has 2 aliphatic rings. The minimum absolute atomic E-state index is 0.00992. The Hall–Kier alpha value is -1.36. The Morgan fingerprint density at radius 2 is 1.57 bits per heavy atom. The molecule has 28 heavy (non-hydrogen) atoms. The van der Waals surface area contributed by atoms with Gasteiger partial charge < -0.3 is 19.7 Å². The minimum atomic E-state index is -0.0126. The molecule has 1 aromatic heterocycles. The molecule has 2 heterocycles. The molecule has 0 spiro atoms. The monoisotopic (exact) mass is 384 g/mol. The van der Waals surface area contributed by atoms with Crippen molar-refractivity contribution in [2.45, 2.75) is 77.7 Å². The first-order chi connectivity index (χ1) is 13.6. The first kappa shape index (κ1) is 19.9. The summed E-state index contributed by atoms with van der Waals surface area (Å²) in [5.74, 6) is 1.75. The molecule has 2 N–H and O–H groups in total. The predicted molar refractivity (Wildman–Crippen MR) is 114 cm³/mol. The van der Waals surface area contributed by atoms with Crippen LogP contribution in [-0.4, -0.2) is 38.8 Å². The molecule has 2 aromatic rings. The Labute approximate surface area is 169 Å². The van der Waals surface area contributed by atoms with E-state index in [1.165, 1.54) is 25.7 Å². The molecular weight excluding hydrogens is 348 g/mol. The van der Waals surface area contributed by atoms with Gasteiger partial charge in [0.2, 0.25) is 0 Å². The maximum absolute atomic E-state index is 10.0. The van der Waals surface area contributed by atoms with E-state index in [0.717, 1.165) is 66.0 Å². The van der Waals surface area contributed by atoms with E-state index >= 15 is 0 Å². The SMILES string of the molecule is CC(C)C1CCC(N2CCC(n3c(CO)c(CO)c4ccccc43)CC2)CC1. The van der Waals surface area contributed by atoms with E-state index in [1.807, 2.05) is 6.07 Å². The number of piperidine rings is 1. The van der Waals surface area contributed by atoms with E-state index < -0.39 is 0 Å². The van der Waals surface area contributed by atoms with Crippen LogP contribution in [0.15, 0.2) is 24.3 Å². The standard InChI is InChI=1S/C24H36N2O2/c1-17(2)18-7-9-19(10-8-18)25-13-11-20(12-14-25)26-23-6-4-3-5-21(23)22(15-27)24(26)16-28/h3-6,17-20,27-28H,7-16H2,1-2H3. The highest BCUT2D eigenvalue weighted by Crippen LogP contribution is 2.37. The number of aliphatic hydroxyl groups is 2. The summed E-state index contributed by atoms with van der Waals surface area (Å²) in [6.07, 6.45) is 7.74. The number of hydrogen-bond acceptors (Lipinski definition) is 3. The number of likely N-dealkylation sites (tertiary alicyclic amines) is 1. The Morgan fingerprint density at radius 3 is 2.18 bits per heavy atom. The summed E-state index contributed by atoms with van der Waals surface area (Å²) >= 11 is 0. The quantitative estimate of drug-likeness (QED) is 0.799. The molecule has 0 radical (unpaired) electrons. The zero-order valence-electron chi connectivity index (χ0n) is 17.5. The summed E-state index contributed by atoms with van der Waals surface area (Å²) in [6.45, 7) is 7.01. The number of para-hydroxylation sites is 1. The molecule has 4 rings (SSSR count). The van der Waals surface area contributed by atoms with Gasteiger partial charge in [-0.05, 0) is 56.4 Å². The van der Waals surface area contributed by atoms with Crippen LogP contribution < -0.4 is 0 Å². The fourth-order valence-corrected chi connectivity index (χ4v) is 5.79. The van der Waals surface area contributed by atoms with Gasteiger partial charge in [0.1, 0.15) is 0 Å². The van der Waals surface area contributed by atoms with Gasteiger partial charge in [0.25, 0.3) is 0 Å². The third-order valence-corrected chi connectivity index (χ3v) is 7.50. The first-order valence-electron chi connectivity index (χ1n) is 11.2. The number of benzene rings is 1. The molecule has 1 aliphatic heterocycles. The van der Waals surface area contributed by atoms with Gasteiger partial charge in [-0.3, -0.25) is 0 Å². The average molecular weight is 385 g/mol. The summed E-state index contributed by atoms with van der Waals surface area (Å²) in [5, 5.41) is 21.0. The Morgan fingerprint density at radius 1 is 0.893 bits per heavy atom. The fourth-order valence-electron chi connectivity index (χ4n) is 5.79. The number of nitrogens with zero attached hydrogens (tertiary/aromatic N) is 2. The molecule has 4 nitrogen and oxygen atoms in total. The summed E-state index contributed by atoms with van der Waals surface area (Å²) in [7, 11) is 0. The van der Waals surface area contributed by atoms with Crippen LogP contribution in [0.4, 0.5) is 0 Å². The van der Waals surface area contributed by atoms with Crippen molar-refractivity contribution < 1.29 is 10.2 Å². The van der Waals surface area contributed by atoms with Crippen molar-refractivity contribution in [2.24, 2.45) is 11.8 Å². The lowest BCUT2D eigenvalue weighted by atomic mass is 9.79. The Bertz CT molecular complexity index is 781. The van der Waals surface area contributed by atoms with Crippen LogP contribution in [0.2, 0.25) is 0 Å². The molecule has 2 fully saturated rings. The van der Waals surface area contributed by atoms with E-state index in [4.69, 9.17) is 0 Å². The predicted octanol–water partition coefficient (Wildman–Crippen LogP) is 4.48. The topological polar surface area (TPSA) is 48.6 Å². The Kier molecular flexibility index (Phi) is 6.10. The summed E-state index contributed by atoms with van der Waals surface area (Å²) in [4.78, 5) is 2.73. The van der Waals surface area contributed by atoms with Crippen LogP contribution in [0.5, 0.6) is 0 Å². The number of rotatable bonds is 5. The normalized spacial score (nSPS) is 25.0. The average Bonchev–Trinajstić information content (AvgIpc) is 3.07. The second-order valence-electron chi connectivity index (χ2n) is 9.21. The fraction of sp³-hybridized carbons (Fsp3) is 0.667. The second kappa shape index (κ2) is 8.56. The van der Waals surface area contributed by atoms with Crippen LogP contribution in [-0.2, 0) is 13.2 Å². The van der Waals surface area contributed by atoms with Gasteiger partial charge in [-0.1, -0.05) is 32.0 Å². The van der Waals surface area contributed by atoms with Crippen molar-refractivity contribution in [1.82, 2.24) is 9.47 Å². The van der Waals surface area contributed by atoms with E-state index in [0.29, 0.717) is 6.04 Å². The molecule has 0 unspecified atom stereocenters. The van der Waals surface area contributed by atoms with Crippen LogP contribution in [0, 0.1) is 11.8 Å². The number of aromatic nitrogens is 1. The zero-order valence-corrected chi connectivity index (χ0v) is 17.5. The van der Waals surface area contributed by atoms with Gasteiger partial charge in [-0.2, -0.15) is 0 Å². The summed E-state index contributed by atoms with van der Waals surface area (Å²) in [6, 6.07) is 9.46. The molecular formula is C24H36N2O2. The van der Waals surface area contributed by atoms with Gasteiger partial charge in [0.05, 0.1) is 18.9 Å². The van der Waals surface area contributed by atoms with Crippen molar-refractivity contribution in [3.05, 3.63) is 35.5 Å². The van der Waals surface area contributed by atoms with E-state index in [2.05, 4.69) is 41.5 Å². The third-order valence-electron chi connectivity index (χ3n) is 7.50. The molecule has 0 atom stereocenters. The zero-order chi connectivity index (χ0) is 19.7. The molecule has 0 bridgehead atoms. The molecule has 154 valence electrons. The van der Waals surface area contributed by atoms with E-state index in [9.17, 15) is 10.2 Å². The second-order valence-corrected chi connectivity index (χ2v) is 9.21. The smallest absolute Gasteiger partial charge is 0.0837 e. The van der Waals surface area contributed by atoms with Gasteiger partial charge in [-0.25, -0.2) is 0 Å². The molecule has 1 aliphatic carbocycles. The van der Waals surface area contributed by atoms with Crippen molar-refractivity contribution >= 4 is 10.9 Å². The molecule has 1 saturated carbocycles. The van der Waals surface area contributed by atoms with E-state index in [-0.39, 0.29) is 13.2 Å². The maximum Gasteiger partial charge on any atom is 0.0837 e. The maximum atomic E-state index is 10.0.